The van der Waals surface area contributed by atoms with Gasteiger partial charge in [-0.15, -0.1) is 0 Å². The molecule has 1 aromatic heterocycles. The number of anilines is 2. The van der Waals surface area contributed by atoms with Gasteiger partial charge in [0.2, 0.25) is 0 Å². The summed E-state index contributed by atoms with van der Waals surface area (Å²) in [6, 6.07) is 19.4. The lowest BCUT2D eigenvalue weighted by atomic mass is 10.1. The van der Waals surface area contributed by atoms with Gasteiger partial charge in [0, 0.05) is 48.6 Å². The van der Waals surface area contributed by atoms with E-state index in [1.54, 1.807) is 24.3 Å². The Morgan fingerprint density at radius 3 is 2.50 bits per heavy atom. The Balaban J connectivity index is 1.87. The molecule has 1 heterocycles. The smallest absolute Gasteiger partial charge is 0.266 e. The second-order valence-electron chi connectivity index (χ2n) is 7.66. The van der Waals surface area contributed by atoms with E-state index in [9.17, 15) is 10.1 Å². The predicted molar refractivity (Wildman–Crippen MR) is 129 cm³/mol. The van der Waals surface area contributed by atoms with Gasteiger partial charge < -0.3 is 19.5 Å². The highest BCUT2D eigenvalue weighted by atomic mass is 16.5. The van der Waals surface area contributed by atoms with Gasteiger partial charge in [-0.25, -0.2) is 0 Å². The lowest BCUT2D eigenvalue weighted by molar-refractivity contribution is -0.112. The maximum atomic E-state index is 12.7. The van der Waals surface area contributed by atoms with Crippen LogP contribution in [0.3, 0.4) is 0 Å². The molecule has 2 aromatic carbocycles. The molecule has 32 heavy (non-hydrogen) atoms. The monoisotopic (exact) mass is 428 g/mol. The molecule has 0 aliphatic carbocycles. The number of aromatic nitrogens is 1. The van der Waals surface area contributed by atoms with Crippen LogP contribution in [0.2, 0.25) is 0 Å². The van der Waals surface area contributed by atoms with Gasteiger partial charge in [0.1, 0.15) is 17.4 Å². The maximum absolute atomic E-state index is 12.7. The molecule has 0 radical (unpaired) electrons. The lowest BCUT2D eigenvalue weighted by Crippen LogP contribution is -2.13. The molecule has 3 aromatic rings. The summed E-state index contributed by atoms with van der Waals surface area (Å²) in [5, 5.41) is 12.4. The number of carbonyl (C=O) groups excluding carboxylic acids is 1. The number of benzene rings is 2. The van der Waals surface area contributed by atoms with Crippen molar-refractivity contribution in [2.75, 3.05) is 30.9 Å². The first-order valence-corrected chi connectivity index (χ1v) is 10.5. The van der Waals surface area contributed by atoms with Crippen molar-refractivity contribution < 1.29 is 9.53 Å². The van der Waals surface area contributed by atoms with Crippen molar-refractivity contribution in [2.45, 2.75) is 20.8 Å². The molecule has 0 unspecified atom stereocenters. The molecular formula is C26H28N4O2. The third-order valence-electron chi connectivity index (χ3n) is 5.16. The minimum Gasteiger partial charge on any atom is -0.494 e. The normalized spacial score (nSPS) is 11.1. The fourth-order valence-corrected chi connectivity index (χ4v) is 3.56. The van der Waals surface area contributed by atoms with Gasteiger partial charge in [-0.3, -0.25) is 4.79 Å². The van der Waals surface area contributed by atoms with Crippen LogP contribution < -0.4 is 15.0 Å². The Kier molecular flexibility index (Phi) is 7.01. The molecular weight excluding hydrogens is 400 g/mol. The number of nitriles is 1. The number of nitrogens with one attached hydrogen (secondary N) is 1. The zero-order valence-corrected chi connectivity index (χ0v) is 19.1. The lowest BCUT2D eigenvalue weighted by Gasteiger charge is -2.15. The number of nitrogens with zero attached hydrogens (tertiary/aromatic N) is 3. The third-order valence-corrected chi connectivity index (χ3v) is 5.16. The van der Waals surface area contributed by atoms with E-state index in [0.717, 1.165) is 28.3 Å². The van der Waals surface area contributed by atoms with E-state index in [-0.39, 0.29) is 5.57 Å². The maximum Gasteiger partial charge on any atom is 0.266 e. The first kappa shape index (κ1) is 22.7. The van der Waals surface area contributed by atoms with E-state index in [1.165, 1.54) is 0 Å². The number of aryl methyl sites for hydroxylation is 1. The van der Waals surface area contributed by atoms with Gasteiger partial charge in [0.15, 0.2) is 0 Å². The van der Waals surface area contributed by atoms with E-state index in [2.05, 4.69) is 39.0 Å². The molecule has 0 saturated carbocycles. The highest BCUT2D eigenvalue weighted by Gasteiger charge is 2.14. The minimum absolute atomic E-state index is 0.0371. The van der Waals surface area contributed by atoms with Crippen molar-refractivity contribution >= 4 is 23.4 Å². The largest absolute Gasteiger partial charge is 0.494 e. The van der Waals surface area contributed by atoms with Crippen LogP contribution in [0, 0.1) is 25.2 Å². The molecule has 0 bridgehead atoms. The van der Waals surface area contributed by atoms with E-state index < -0.39 is 5.91 Å². The average Bonchev–Trinajstić information content (AvgIpc) is 3.05. The van der Waals surface area contributed by atoms with Crippen molar-refractivity contribution in [2.24, 2.45) is 0 Å². The molecule has 6 heteroatoms. The summed E-state index contributed by atoms with van der Waals surface area (Å²) in [5.74, 6) is 0.206. The van der Waals surface area contributed by atoms with Gasteiger partial charge in [-0.05, 0) is 74.9 Å². The fraction of sp³-hybridized carbons (Fsp3) is 0.231. The number of carbonyl (C=O) groups is 1. The topological polar surface area (TPSA) is 70.3 Å². The minimum atomic E-state index is -0.457. The zero-order valence-electron chi connectivity index (χ0n) is 19.1. The first-order chi connectivity index (χ1) is 15.3. The Labute approximate surface area is 189 Å². The number of ether oxygens (including phenoxy) is 1. The van der Waals surface area contributed by atoms with Crippen LogP contribution in [-0.4, -0.2) is 31.2 Å². The molecule has 3 rings (SSSR count). The van der Waals surface area contributed by atoms with Crippen LogP contribution >= 0.6 is 0 Å². The van der Waals surface area contributed by atoms with Gasteiger partial charge in [0.25, 0.3) is 5.91 Å². The van der Waals surface area contributed by atoms with Crippen molar-refractivity contribution in [3.63, 3.8) is 0 Å². The van der Waals surface area contributed by atoms with Crippen LogP contribution in [0.15, 0.2) is 60.2 Å². The first-order valence-electron chi connectivity index (χ1n) is 10.5. The number of hydrogen-bond donors (Lipinski definition) is 1. The number of hydrogen-bond acceptors (Lipinski definition) is 4. The molecule has 0 atom stereocenters. The Morgan fingerprint density at radius 1 is 1.16 bits per heavy atom. The number of rotatable bonds is 7. The van der Waals surface area contributed by atoms with Crippen LogP contribution in [0.4, 0.5) is 11.4 Å². The second-order valence-corrected chi connectivity index (χ2v) is 7.66. The van der Waals surface area contributed by atoms with Gasteiger partial charge in [0.05, 0.1) is 6.61 Å². The van der Waals surface area contributed by atoms with Crippen LogP contribution in [-0.2, 0) is 4.79 Å². The Hall–Kier alpha value is -3.98. The third kappa shape index (κ3) is 5.01. The summed E-state index contributed by atoms with van der Waals surface area (Å²) < 4.78 is 7.58. The molecule has 0 saturated heterocycles. The Morgan fingerprint density at radius 2 is 1.88 bits per heavy atom. The molecule has 0 fully saturated rings. The van der Waals surface area contributed by atoms with Crippen molar-refractivity contribution in [1.29, 1.82) is 5.26 Å². The van der Waals surface area contributed by atoms with Gasteiger partial charge in [-0.2, -0.15) is 5.26 Å². The summed E-state index contributed by atoms with van der Waals surface area (Å²) in [4.78, 5) is 14.8. The van der Waals surface area contributed by atoms with Crippen LogP contribution in [0.1, 0.15) is 23.9 Å². The summed E-state index contributed by atoms with van der Waals surface area (Å²) in [7, 11) is 4.01. The van der Waals surface area contributed by atoms with E-state index in [1.807, 2.05) is 53.1 Å². The molecule has 0 aliphatic rings. The molecule has 0 spiro atoms. The average molecular weight is 429 g/mol. The Bertz CT molecular complexity index is 1180. The standard InChI is InChI=1S/C26H28N4O2/c1-6-32-25-9-7-8-22(16-25)28-26(31)21(17-27)15-20-14-18(2)30(19(20)3)24-12-10-23(11-13-24)29(4)5/h7-16H,6H2,1-5H3,(H,28,31)/b21-15-. The van der Waals surface area contributed by atoms with Crippen molar-refractivity contribution in [3.05, 3.63) is 77.1 Å². The molecule has 1 N–H and O–H groups in total. The van der Waals surface area contributed by atoms with Gasteiger partial charge in [-0.1, -0.05) is 6.07 Å². The highest BCUT2D eigenvalue weighted by Crippen LogP contribution is 2.25. The SMILES string of the molecule is CCOc1cccc(NC(=O)/C(C#N)=C\c2cc(C)n(-c3ccc(N(C)C)cc3)c2C)c1. The number of amides is 1. The quantitative estimate of drug-likeness (QED) is 0.420. The molecule has 1 amide bonds. The van der Waals surface area contributed by atoms with Gasteiger partial charge >= 0.3 is 0 Å². The summed E-state index contributed by atoms with van der Waals surface area (Å²) >= 11 is 0. The van der Waals surface area contributed by atoms with Crippen molar-refractivity contribution in [3.8, 4) is 17.5 Å². The van der Waals surface area contributed by atoms with E-state index >= 15 is 0 Å². The summed E-state index contributed by atoms with van der Waals surface area (Å²) in [6.07, 6.45) is 1.63. The zero-order chi connectivity index (χ0) is 23.3. The van der Waals surface area contributed by atoms with E-state index in [4.69, 9.17) is 4.74 Å². The van der Waals surface area contributed by atoms with Crippen LogP contribution in [0.5, 0.6) is 5.75 Å². The highest BCUT2D eigenvalue weighted by molar-refractivity contribution is 6.09. The molecule has 6 nitrogen and oxygen atoms in total. The predicted octanol–water partition coefficient (Wildman–Crippen LogP) is 5.10. The summed E-state index contributed by atoms with van der Waals surface area (Å²) in [6.45, 7) is 6.43. The van der Waals surface area contributed by atoms with E-state index in [0.29, 0.717) is 18.0 Å². The molecule has 0 aliphatic heterocycles. The summed E-state index contributed by atoms with van der Waals surface area (Å²) in [5.41, 5.74) is 5.57. The van der Waals surface area contributed by atoms with Crippen LogP contribution in [0.25, 0.3) is 11.8 Å². The van der Waals surface area contributed by atoms with Crippen molar-refractivity contribution in [1.82, 2.24) is 4.57 Å². The molecule has 164 valence electrons. The fourth-order valence-electron chi connectivity index (χ4n) is 3.56. The second kappa shape index (κ2) is 9.88.